The lowest BCUT2D eigenvalue weighted by Gasteiger charge is -2.21. The van der Waals surface area contributed by atoms with E-state index in [1.165, 1.54) is 31.2 Å². The number of hydrogen-bond acceptors (Lipinski definition) is 2. The molecule has 0 aliphatic heterocycles. The summed E-state index contributed by atoms with van der Waals surface area (Å²) < 4.78 is 0. The Hall–Kier alpha value is -1.35. The van der Waals surface area contributed by atoms with Crippen molar-refractivity contribution in [1.29, 1.82) is 0 Å². The fourth-order valence-corrected chi connectivity index (χ4v) is 2.94. The molecule has 0 unspecified atom stereocenters. The van der Waals surface area contributed by atoms with Crippen LogP contribution in [0.15, 0.2) is 18.2 Å². The van der Waals surface area contributed by atoms with Crippen LogP contribution in [-0.4, -0.2) is 11.9 Å². The van der Waals surface area contributed by atoms with Gasteiger partial charge in [-0.25, -0.2) is 0 Å². The van der Waals surface area contributed by atoms with Gasteiger partial charge in [-0.1, -0.05) is 18.9 Å². The standard InChI is InChI=1S/C16H24N2O/c1-11-9-14(16(17)19)7-8-15(11)10-18-12(2)13-5-3-4-6-13/h7-9,12-13,18H,3-6,10H2,1-2H3,(H2,17,19)/t12-/m1/s1. The maximum atomic E-state index is 11.1. The highest BCUT2D eigenvalue weighted by atomic mass is 16.1. The number of carbonyl (C=O) groups is 1. The van der Waals surface area contributed by atoms with Gasteiger partial charge in [-0.05, 0) is 55.9 Å². The molecule has 1 saturated carbocycles. The van der Waals surface area contributed by atoms with Gasteiger partial charge in [0, 0.05) is 18.2 Å². The molecule has 0 saturated heterocycles. The topological polar surface area (TPSA) is 55.1 Å². The normalized spacial score (nSPS) is 17.6. The Morgan fingerprint density at radius 2 is 2.11 bits per heavy atom. The number of amides is 1. The number of rotatable bonds is 5. The zero-order chi connectivity index (χ0) is 13.8. The van der Waals surface area contributed by atoms with Crippen LogP contribution in [0.4, 0.5) is 0 Å². The molecular formula is C16H24N2O. The fraction of sp³-hybridized carbons (Fsp3) is 0.562. The van der Waals surface area contributed by atoms with Gasteiger partial charge >= 0.3 is 0 Å². The van der Waals surface area contributed by atoms with Crippen molar-refractivity contribution < 1.29 is 4.79 Å². The van der Waals surface area contributed by atoms with Gasteiger partial charge in [0.1, 0.15) is 0 Å². The third kappa shape index (κ3) is 3.57. The summed E-state index contributed by atoms with van der Waals surface area (Å²) in [7, 11) is 0. The Labute approximate surface area is 115 Å². The van der Waals surface area contributed by atoms with Crippen molar-refractivity contribution in [3.63, 3.8) is 0 Å². The predicted octanol–water partition coefficient (Wildman–Crippen LogP) is 2.76. The molecule has 1 aliphatic carbocycles. The smallest absolute Gasteiger partial charge is 0.248 e. The minimum Gasteiger partial charge on any atom is -0.366 e. The average Bonchev–Trinajstić information content (AvgIpc) is 2.90. The maximum absolute atomic E-state index is 11.1. The SMILES string of the molecule is Cc1cc(C(N)=O)ccc1CN[C@H](C)C1CCCC1. The highest BCUT2D eigenvalue weighted by Gasteiger charge is 2.20. The molecule has 1 aromatic carbocycles. The Bertz CT molecular complexity index is 450. The van der Waals surface area contributed by atoms with Crippen molar-refractivity contribution in [3.05, 3.63) is 34.9 Å². The lowest BCUT2D eigenvalue weighted by Crippen LogP contribution is -2.32. The Morgan fingerprint density at radius 1 is 1.42 bits per heavy atom. The summed E-state index contributed by atoms with van der Waals surface area (Å²) in [4.78, 5) is 11.1. The lowest BCUT2D eigenvalue weighted by molar-refractivity contribution is 0.1000. The largest absolute Gasteiger partial charge is 0.366 e. The Morgan fingerprint density at radius 3 is 2.68 bits per heavy atom. The molecular weight excluding hydrogens is 236 g/mol. The highest BCUT2D eigenvalue weighted by Crippen LogP contribution is 2.27. The fourth-order valence-electron chi connectivity index (χ4n) is 2.94. The van der Waals surface area contributed by atoms with E-state index in [-0.39, 0.29) is 5.91 Å². The molecule has 19 heavy (non-hydrogen) atoms. The monoisotopic (exact) mass is 260 g/mol. The number of aryl methyl sites for hydroxylation is 1. The van der Waals surface area contributed by atoms with Gasteiger partial charge in [0.15, 0.2) is 0 Å². The van der Waals surface area contributed by atoms with E-state index < -0.39 is 0 Å². The van der Waals surface area contributed by atoms with E-state index in [1.807, 2.05) is 25.1 Å². The second-order valence-corrected chi connectivity index (χ2v) is 5.72. The van der Waals surface area contributed by atoms with E-state index in [1.54, 1.807) is 0 Å². The van der Waals surface area contributed by atoms with Gasteiger partial charge in [-0.2, -0.15) is 0 Å². The summed E-state index contributed by atoms with van der Waals surface area (Å²) in [6.07, 6.45) is 5.47. The molecule has 3 heteroatoms. The van der Waals surface area contributed by atoms with Crippen molar-refractivity contribution in [3.8, 4) is 0 Å². The van der Waals surface area contributed by atoms with Crippen LogP contribution in [0.3, 0.4) is 0 Å². The second kappa shape index (κ2) is 6.20. The van der Waals surface area contributed by atoms with Gasteiger partial charge < -0.3 is 11.1 Å². The highest BCUT2D eigenvalue weighted by molar-refractivity contribution is 5.93. The van der Waals surface area contributed by atoms with Crippen molar-refractivity contribution in [2.75, 3.05) is 0 Å². The molecule has 0 aromatic heterocycles. The number of benzene rings is 1. The number of carbonyl (C=O) groups excluding carboxylic acids is 1. The predicted molar refractivity (Wildman–Crippen MR) is 78.0 cm³/mol. The molecule has 1 atom stereocenters. The molecule has 2 rings (SSSR count). The van der Waals surface area contributed by atoms with E-state index in [9.17, 15) is 4.79 Å². The first-order valence-electron chi connectivity index (χ1n) is 7.20. The number of nitrogens with two attached hydrogens (primary N) is 1. The van der Waals surface area contributed by atoms with Crippen molar-refractivity contribution >= 4 is 5.91 Å². The van der Waals surface area contributed by atoms with E-state index in [0.717, 1.165) is 18.0 Å². The molecule has 3 nitrogen and oxygen atoms in total. The molecule has 0 spiro atoms. The van der Waals surface area contributed by atoms with Crippen molar-refractivity contribution in [2.24, 2.45) is 11.7 Å². The van der Waals surface area contributed by atoms with Gasteiger partial charge in [0.25, 0.3) is 0 Å². The molecule has 3 N–H and O–H groups in total. The van der Waals surface area contributed by atoms with Crippen molar-refractivity contribution in [1.82, 2.24) is 5.32 Å². The van der Waals surface area contributed by atoms with Crippen LogP contribution in [0.1, 0.15) is 54.1 Å². The molecule has 0 heterocycles. The zero-order valence-corrected chi connectivity index (χ0v) is 11.9. The summed E-state index contributed by atoms with van der Waals surface area (Å²) in [6, 6.07) is 6.26. The molecule has 0 bridgehead atoms. The molecule has 1 amide bonds. The summed E-state index contributed by atoms with van der Waals surface area (Å²) in [6.45, 7) is 5.18. The van der Waals surface area contributed by atoms with Crippen LogP contribution in [-0.2, 0) is 6.54 Å². The van der Waals surface area contributed by atoms with Crippen LogP contribution in [0, 0.1) is 12.8 Å². The quantitative estimate of drug-likeness (QED) is 0.855. The lowest BCUT2D eigenvalue weighted by atomic mass is 9.99. The van der Waals surface area contributed by atoms with Crippen LogP contribution in [0.2, 0.25) is 0 Å². The minimum atomic E-state index is -0.359. The third-order valence-corrected chi connectivity index (χ3v) is 4.35. The second-order valence-electron chi connectivity index (χ2n) is 5.72. The van der Waals surface area contributed by atoms with Gasteiger partial charge in [0.2, 0.25) is 5.91 Å². The minimum absolute atomic E-state index is 0.359. The molecule has 0 radical (unpaired) electrons. The summed E-state index contributed by atoms with van der Waals surface area (Å²) in [5.74, 6) is 0.465. The summed E-state index contributed by atoms with van der Waals surface area (Å²) >= 11 is 0. The third-order valence-electron chi connectivity index (χ3n) is 4.35. The van der Waals surface area contributed by atoms with Gasteiger partial charge in [0.05, 0.1) is 0 Å². The van der Waals surface area contributed by atoms with E-state index in [2.05, 4.69) is 12.2 Å². The van der Waals surface area contributed by atoms with E-state index in [0.29, 0.717) is 11.6 Å². The molecule has 1 aliphatic rings. The van der Waals surface area contributed by atoms with Crippen LogP contribution in [0.25, 0.3) is 0 Å². The van der Waals surface area contributed by atoms with Gasteiger partial charge in [-0.15, -0.1) is 0 Å². The first kappa shape index (κ1) is 14.1. The van der Waals surface area contributed by atoms with Crippen molar-refractivity contribution in [2.45, 2.75) is 52.1 Å². The van der Waals surface area contributed by atoms with Gasteiger partial charge in [-0.3, -0.25) is 4.79 Å². The van der Waals surface area contributed by atoms with E-state index >= 15 is 0 Å². The number of primary amides is 1. The maximum Gasteiger partial charge on any atom is 0.248 e. The van der Waals surface area contributed by atoms with Crippen LogP contribution >= 0.6 is 0 Å². The van der Waals surface area contributed by atoms with E-state index in [4.69, 9.17) is 5.73 Å². The number of hydrogen-bond donors (Lipinski definition) is 2. The average molecular weight is 260 g/mol. The molecule has 104 valence electrons. The molecule has 1 aromatic rings. The summed E-state index contributed by atoms with van der Waals surface area (Å²) in [5.41, 5.74) is 8.24. The Balaban J connectivity index is 1.93. The first-order chi connectivity index (χ1) is 9.08. The van der Waals surface area contributed by atoms with Crippen LogP contribution in [0.5, 0.6) is 0 Å². The Kier molecular flexibility index (Phi) is 4.59. The zero-order valence-electron chi connectivity index (χ0n) is 11.9. The summed E-state index contributed by atoms with van der Waals surface area (Å²) in [5, 5.41) is 3.61. The van der Waals surface area contributed by atoms with Crippen LogP contribution < -0.4 is 11.1 Å². The molecule has 1 fully saturated rings. The first-order valence-corrected chi connectivity index (χ1v) is 7.20. The number of nitrogens with one attached hydrogen (secondary N) is 1.